The van der Waals surface area contributed by atoms with Crippen molar-refractivity contribution in [1.82, 2.24) is 10.2 Å². The molecule has 0 bridgehead atoms. The molecule has 1 saturated heterocycles. The molecule has 0 aliphatic carbocycles. The van der Waals surface area contributed by atoms with Crippen LogP contribution in [0, 0.1) is 19.7 Å². The van der Waals surface area contributed by atoms with Crippen molar-refractivity contribution in [3.63, 3.8) is 0 Å². The van der Waals surface area contributed by atoms with Crippen molar-refractivity contribution in [2.75, 3.05) is 13.6 Å². The molecule has 1 fully saturated rings. The molecule has 1 aromatic rings. The highest BCUT2D eigenvalue weighted by molar-refractivity contribution is 5.83. The molecule has 0 radical (unpaired) electrons. The number of likely N-dealkylation sites (N-methyl/N-ethyl adjacent to an activating group) is 1. The van der Waals surface area contributed by atoms with E-state index in [4.69, 9.17) is 0 Å². The number of carbonyl (C=O) groups is 1. The van der Waals surface area contributed by atoms with Gasteiger partial charge >= 0.3 is 0 Å². The maximum Gasteiger partial charge on any atom is 0.239 e. The van der Waals surface area contributed by atoms with Crippen LogP contribution in [0.4, 0.5) is 4.39 Å². The molecule has 0 saturated carbocycles. The molecule has 1 heterocycles. The van der Waals surface area contributed by atoms with Crippen molar-refractivity contribution < 1.29 is 9.18 Å². The molecule has 4 heteroatoms. The summed E-state index contributed by atoms with van der Waals surface area (Å²) in [6.45, 7) is 4.94. The number of rotatable bonds is 3. The minimum atomic E-state index is -0.143. The van der Waals surface area contributed by atoms with E-state index < -0.39 is 0 Å². The Morgan fingerprint density at radius 3 is 2.50 bits per heavy atom. The number of nitrogens with one attached hydrogen (secondary N) is 1. The van der Waals surface area contributed by atoms with Gasteiger partial charge in [0.1, 0.15) is 5.82 Å². The van der Waals surface area contributed by atoms with Crippen LogP contribution in [-0.4, -0.2) is 30.4 Å². The van der Waals surface area contributed by atoms with E-state index in [2.05, 4.69) is 5.32 Å². The smallest absolute Gasteiger partial charge is 0.239 e. The molecular weight excluding hydrogens is 231 g/mol. The van der Waals surface area contributed by atoms with Gasteiger partial charge in [-0.2, -0.15) is 0 Å². The van der Waals surface area contributed by atoms with Crippen molar-refractivity contribution in [2.24, 2.45) is 0 Å². The third-order valence-electron chi connectivity index (χ3n) is 3.48. The lowest BCUT2D eigenvalue weighted by atomic mass is 10.1. The first-order valence-electron chi connectivity index (χ1n) is 6.23. The Morgan fingerprint density at radius 1 is 1.39 bits per heavy atom. The van der Waals surface area contributed by atoms with Gasteiger partial charge in [0.05, 0.1) is 6.04 Å². The van der Waals surface area contributed by atoms with Gasteiger partial charge in [0.25, 0.3) is 0 Å². The second kappa shape index (κ2) is 5.06. The summed E-state index contributed by atoms with van der Waals surface area (Å²) in [5.41, 5.74) is 2.33. The molecular formula is C14H19FN2O. The molecule has 1 N–H and O–H groups in total. The fourth-order valence-electron chi connectivity index (χ4n) is 2.39. The summed E-state index contributed by atoms with van der Waals surface area (Å²) in [7, 11) is 1.82. The minimum absolute atomic E-state index is 0.0966. The molecule has 1 aromatic carbocycles. The summed E-state index contributed by atoms with van der Waals surface area (Å²) in [6, 6.07) is 3.57. The standard InChI is InChI=1S/C14H19FN2O/c1-9-6-11(7-10(2)13(9)15)8-16-12-4-5-17(3)14(12)18/h6-7,12,16H,4-5,8H2,1-3H3. The predicted molar refractivity (Wildman–Crippen MR) is 68.8 cm³/mol. The largest absolute Gasteiger partial charge is 0.344 e. The number of carbonyl (C=O) groups excluding carboxylic acids is 1. The highest BCUT2D eigenvalue weighted by Gasteiger charge is 2.28. The summed E-state index contributed by atoms with van der Waals surface area (Å²) in [5.74, 6) is 0.000909. The Labute approximate surface area is 107 Å². The van der Waals surface area contributed by atoms with Gasteiger partial charge in [-0.15, -0.1) is 0 Å². The van der Waals surface area contributed by atoms with Gasteiger partial charge in [0, 0.05) is 20.1 Å². The van der Waals surface area contributed by atoms with Gasteiger partial charge in [0.2, 0.25) is 5.91 Å². The fraction of sp³-hybridized carbons (Fsp3) is 0.500. The summed E-state index contributed by atoms with van der Waals surface area (Å²) in [6.07, 6.45) is 0.842. The zero-order valence-corrected chi connectivity index (χ0v) is 11.1. The number of halogens is 1. The maximum atomic E-state index is 13.5. The van der Waals surface area contributed by atoms with Gasteiger partial charge in [-0.05, 0) is 37.0 Å². The Balaban J connectivity index is 2.01. The van der Waals surface area contributed by atoms with Crippen molar-refractivity contribution in [1.29, 1.82) is 0 Å². The third-order valence-corrected chi connectivity index (χ3v) is 3.48. The van der Waals surface area contributed by atoms with E-state index in [1.54, 1.807) is 18.7 Å². The summed E-state index contributed by atoms with van der Waals surface area (Å²) >= 11 is 0. The van der Waals surface area contributed by atoms with E-state index in [1.165, 1.54) is 0 Å². The SMILES string of the molecule is Cc1cc(CNC2CCN(C)C2=O)cc(C)c1F. The Bertz CT molecular complexity index is 450. The molecule has 2 rings (SSSR count). The average Bonchev–Trinajstić information content (AvgIpc) is 2.64. The number of hydrogen-bond donors (Lipinski definition) is 1. The molecule has 1 unspecified atom stereocenters. The molecule has 1 amide bonds. The minimum Gasteiger partial charge on any atom is -0.344 e. The third kappa shape index (κ3) is 2.53. The van der Waals surface area contributed by atoms with Gasteiger partial charge in [-0.3, -0.25) is 4.79 Å². The molecule has 3 nitrogen and oxygen atoms in total. The number of nitrogens with zero attached hydrogens (tertiary/aromatic N) is 1. The summed E-state index contributed by atoms with van der Waals surface area (Å²) in [5, 5.41) is 3.24. The van der Waals surface area contributed by atoms with Crippen LogP contribution in [0.1, 0.15) is 23.1 Å². The molecule has 0 spiro atoms. The highest BCUT2D eigenvalue weighted by atomic mass is 19.1. The first-order chi connectivity index (χ1) is 8.49. The lowest BCUT2D eigenvalue weighted by Gasteiger charge is -2.13. The zero-order chi connectivity index (χ0) is 13.3. The van der Waals surface area contributed by atoms with Crippen molar-refractivity contribution in [3.8, 4) is 0 Å². The van der Waals surface area contributed by atoms with Crippen LogP contribution in [0.2, 0.25) is 0 Å². The normalized spacial score (nSPS) is 19.7. The van der Waals surface area contributed by atoms with Crippen LogP contribution in [-0.2, 0) is 11.3 Å². The van der Waals surface area contributed by atoms with Crippen LogP contribution in [0.5, 0.6) is 0 Å². The number of benzene rings is 1. The van der Waals surface area contributed by atoms with Gasteiger partial charge in [-0.25, -0.2) is 4.39 Å². The number of hydrogen-bond acceptors (Lipinski definition) is 2. The Hall–Kier alpha value is -1.42. The molecule has 1 aliphatic rings. The van der Waals surface area contributed by atoms with Crippen LogP contribution < -0.4 is 5.32 Å². The lowest BCUT2D eigenvalue weighted by molar-refractivity contribution is -0.128. The van der Waals surface area contributed by atoms with Crippen LogP contribution in [0.25, 0.3) is 0 Å². The average molecular weight is 250 g/mol. The first kappa shape index (κ1) is 13.0. The van der Waals surface area contributed by atoms with Gasteiger partial charge in [-0.1, -0.05) is 12.1 Å². The summed E-state index contributed by atoms with van der Waals surface area (Å²) in [4.78, 5) is 13.5. The van der Waals surface area contributed by atoms with Crippen LogP contribution in [0.3, 0.4) is 0 Å². The topological polar surface area (TPSA) is 32.3 Å². The summed E-state index contributed by atoms with van der Waals surface area (Å²) < 4.78 is 13.5. The molecule has 98 valence electrons. The fourth-order valence-corrected chi connectivity index (χ4v) is 2.39. The van der Waals surface area contributed by atoms with Gasteiger partial charge in [0.15, 0.2) is 0 Å². The monoisotopic (exact) mass is 250 g/mol. The van der Waals surface area contributed by atoms with Crippen molar-refractivity contribution >= 4 is 5.91 Å². The zero-order valence-electron chi connectivity index (χ0n) is 11.1. The van der Waals surface area contributed by atoms with Crippen LogP contribution in [0.15, 0.2) is 12.1 Å². The first-order valence-corrected chi connectivity index (χ1v) is 6.23. The van der Waals surface area contributed by atoms with Crippen molar-refractivity contribution in [2.45, 2.75) is 32.9 Å². The predicted octanol–water partition coefficient (Wildman–Crippen LogP) is 1.76. The van der Waals surface area contributed by atoms with Crippen molar-refractivity contribution in [3.05, 3.63) is 34.6 Å². The number of aryl methyl sites for hydroxylation is 2. The Morgan fingerprint density at radius 2 is 2.00 bits per heavy atom. The van der Waals surface area contributed by atoms with Crippen LogP contribution >= 0.6 is 0 Å². The number of likely N-dealkylation sites (tertiary alicyclic amines) is 1. The van der Waals surface area contributed by atoms with Gasteiger partial charge < -0.3 is 10.2 Å². The second-order valence-corrected chi connectivity index (χ2v) is 5.03. The molecule has 1 atom stereocenters. The quantitative estimate of drug-likeness (QED) is 0.886. The van der Waals surface area contributed by atoms with E-state index >= 15 is 0 Å². The molecule has 0 aromatic heterocycles. The second-order valence-electron chi connectivity index (χ2n) is 5.03. The molecule has 18 heavy (non-hydrogen) atoms. The van der Waals surface area contributed by atoms with E-state index in [0.29, 0.717) is 17.7 Å². The number of amides is 1. The maximum absolute atomic E-state index is 13.5. The van der Waals surface area contributed by atoms with E-state index in [9.17, 15) is 9.18 Å². The van der Waals surface area contributed by atoms with E-state index in [1.807, 2.05) is 19.2 Å². The molecule has 1 aliphatic heterocycles. The Kier molecular flexibility index (Phi) is 3.66. The lowest BCUT2D eigenvalue weighted by Crippen LogP contribution is -2.36. The van der Waals surface area contributed by atoms with E-state index in [-0.39, 0.29) is 17.8 Å². The van der Waals surface area contributed by atoms with E-state index in [0.717, 1.165) is 18.5 Å². The highest BCUT2D eigenvalue weighted by Crippen LogP contribution is 2.15.